The fraction of sp³-hybridized carbons (Fsp3) is 0.0400. The number of anilines is 1. The van der Waals surface area contributed by atoms with Gasteiger partial charge in [-0.1, -0.05) is 91.0 Å². The Bertz CT molecular complexity index is 1160. The van der Waals surface area contributed by atoms with Crippen LogP contribution in [-0.4, -0.2) is 17.6 Å². The molecule has 3 aromatic carbocycles. The van der Waals surface area contributed by atoms with Gasteiger partial charge in [0.15, 0.2) is 5.76 Å². The Morgan fingerprint density at radius 1 is 0.759 bits per heavy atom. The van der Waals surface area contributed by atoms with Gasteiger partial charge in [0.1, 0.15) is 6.04 Å². The molecule has 3 aromatic rings. The number of benzene rings is 3. The van der Waals surface area contributed by atoms with Gasteiger partial charge in [0.2, 0.25) is 11.6 Å². The molecule has 5 rings (SSSR count). The van der Waals surface area contributed by atoms with Gasteiger partial charge in [-0.2, -0.15) is 5.06 Å². The average Bonchev–Trinajstić information content (AvgIpc) is 3.19. The van der Waals surface area contributed by atoms with E-state index >= 15 is 0 Å². The molecule has 0 saturated carbocycles. The minimum absolute atomic E-state index is 0.357. The average molecular weight is 379 g/mol. The smallest absolute Gasteiger partial charge is 0.235 e. The number of para-hydroxylation sites is 1. The molecule has 0 fully saturated rings. The Labute approximate surface area is 168 Å². The van der Waals surface area contributed by atoms with E-state index in [1.807, 2.05) is 72.8 Å². The van der Waals surface area contributed by atoms with Crippen LogP contribution in [0.4, 0.5) is 5.69 Å². The summed E-state index contributed by atoms with van der Waals surface area (Å²) in [4.78, 5) is 32.5. The van der Waals surface area contributed by atoms with Crippen LogP contribution in [0.5, 0.6) is 0 Å². The van der Waals surface area contributed by atoms with Crippen LogP contribution in [0.25, 0.3) is 11.8 Å². The van der Waals surface area contributed by atoms with E-state index in [-0.39, 0.29) is 0 Å². The number of hydroxylamine groups is 1. The van der Waals surface area contributed by atoms with E-state index in [2.05, 4.69) is 0 Å². The van der Waals surface area contributed by atoms with E-state index in [1.165, 1.54) is 0 Å². The Morgan fingerprint density at radius 3 is 2.17 bits per heavy atom. The Morgan fingerprint density at radius 2 is 1.41 bits per heavy atom. The number of nitrogens with zero attached hydrogens (tertiary/aromatic N) is 1. The van der Waals surface area contributed by atoms with E-state index in [1.54, 1.807) is 29.3 Å². The molecule has 1 unspecified atom stereocenters. The Kier molecular flexibility index (Phi) is 4.10. The number of carbonyl (C=O) groups is 2. The van der Waals surface area contributed by atoms with Crippen LogP contribution in [0, 0.1) is 0 Å². The summed E-state index contributed by atoms with van der Waals surface area (Å²) in [6.45, 7) is 0. The number of ketones is 2. The predicted molar refractivity (Wildman–Crippen MR) is 112 cm³/mol. The molecule has 1 atom stereocenters. The first-order chi connectivity index (χ1) is 14.2. The molecular weight excluding hydrogens is 362 g/mol. The summed E-state index contributed by atoms with van der Waals surface area (Å²) >= 11 is 0. The molecular formula is C25H17NO3. The molecule has 0 amide bonds. The minimum Gasteiger partial charge on any atom is -0.377 e. The van der Waals surface area contributed by atoms with Crippen LogP contribution >= 0.6 is 0 Å². The van der Waals surface area contributed by atoms with Crippen molar-refractivity contribution in [2.45, 2.75) is 6.04 Å². The van der Waals surface area contributed by atoms with Crippen LogP contribution in [0.1, 0.15) is 21.5 Å². The molecule has 4 heteroatoms. The lowest BCUT2D eigenvalue weighted by molar-refractivity contribution is -0.111. The van der Waals surface area contributed by atoms with Gasteiger partial charge >= 0.3 is 0 Å². The molecule has 2 aliphatic rings. The fourth-order valence-corrected chi connectivity index (χ4v) is 3.73. The zero-order chi connectivity index (χ0) is 19.8. The maximum atomic E-state index is 13.3. The van der Waals surface area contributed by atoms with Crippen molar-refractivity contribution in [1.29, 1.82) is 0 Å². The van der Waals surface area contributed by atoms with Crippen molar-refractivity contribution < 1.29 is 14.4 Å². The zero-order valence-electron chi connectivity index (χ0n) is 15.5. The molecule has 2 heterocycles. The summed E-state index contributed by atoms with van der Waals surface area (Å²) in [5, 5.41) is 1.71. The third-order valence-corrected chi connectivity index (χ3v) is 5.14. The molecule has 0 aliphatic carbocycles. The number of hydrogen-bond donors (Lipinski definition) is 0. The van der Waals surface area contributed by atoms with Crippen molar-refractivity contribution in [2.75, 3.05) is 5.06 Å². The second-order valence-corrected chi connectivity index (χ2v) is 6.91. The lowest BCUT2D eigenvalue weighted by Gasteiger charge is -2.28. The number of Topliss-reactive ketones (excluding diaryl/α,β-unsaturated/α-hetero) is 2. The van der Waals surface area contributed by atoms with Crippen LogP contribution in [0.3, 0.4) is 0 Å². The van der Waals surface area contributed by atoms with Crippen LogP contribution < -0.4 is 5.06 Å². The third-order valence-electron chi connectivity index (χ3n) is 5.14. The molecule has 0 bridgehead atoms. The summed E-state index contributed by atoms with van der Waals surface area (Å²) in [6.07, 6.45) is 3.87. The molecule has 2 aliphatic heterocycles. The summed E-state index contributed by atoms with van der Waals surface area (Å²) in [5.74, 6) is -0.662. The molecule has 0 radical (unpaired) electrons. The molecule has 0 N–H and O–H groups in total. The summed E-state index contributed by atoms with van der Waals surface area (Å²) in [7, 11) is 0. The van der Waals surface area contributed by atoms with Gasteiger partial charge in [-0.3, -0.25) is 9.59 Å². The normalized spacial score (nSPS) is 16.8. The molecule has 29 heavy (non-hydrogen) atoms. The second kappa shape index (κ2) is 6.91. The third kappa shape index (κ3) is 2.86. The second-order valence-electron chi connectivity index (χ2n) is 6.91. The van der Waals surface area contributed by atoms with E-state index < -0.39 is 17.6 Å². The van der Waals surface area contributed by atoms with Gasteiger partial charge in [-0.15, -0.1) is 0 Å². The minimum atomic E-state index is -0.549. The number of rotatable bonds is 4. The number of fused-ring (bicyclic) bond motifs is 3. The van der Waals surface area contributed by atoms with Crippen molar-refractivity contribution in [3.8, 4) is 0 Å². The lowest BCUT2D eigenvalue weighted by atomic mass is 9.91. The highest BCUT2D eigenvalue weighted by atomic mass is 16.7. The standard InChI is InChI=1S/C25H17NO3/c27-23(18-10-3-1-4-11-18)24(28)22-21-16-15-17-9-7-8-14-20(17)26(21)29-25(22)19-12-5-2-6-13-19/h1-16,21H. The van der Waals surface area contributed by atoms with Gasteiger partial charge < -0.3 is 4.84 Å². The maximum absolute atomic E-state index is 13.3. The maximum Gasteiger partial charge on any atom is 0.235 e. The topological polar surface area (TPSA) is 46.6 Å². The van der Waals surface area contributed by atoms with Gasteiger partial charge in [0.25, 0.3) is 0 Å². The molecule has 0 spiro atoms. The summed E-state index contributed by atoms with van der Waals surface area (Å²) < 4.78 is 0. The van der Waals surface area contributed by atoms with E-state index in [0.717, 1.165) is 16.8 Å². The highest BCUT2D eigenvalue weighted by molar-refractivity contribution is 6.50. The monoisotopic (exact) mass is 379 g/mol. The first-order valence-electron chi connectivity index (χ1n) is 9.42. The van der Waals surface area contributed by atoms with Gasteiger partial charge in [-0.25, -0.2) is 0 Å². The predicted octanol–water partition coefficient (Wildman–Crippen LogP) is 4.70. The Hall–Kier alpha value is -3.92. The van der Waals surface area contributed by atoms with Crippen molar-refractivity contribution in [1.82, 2.24) is 0 Å². The number of hydrogen-bond acceptors (Lipinski definition) is 4. The summed E-state index contributed by atoms with van der Waals surface area (Å²) in [5.41, 5.74) is 3.35. The fourth-order valence-electron chi connectivity index (χ4n) is 3.73. The zero-order valence-corrected chi connectivity index (χ0v) is 15.5. The molecule has 0 saturated heterocycles. The molecule has 0 aromatic heterocycles. The van der Waals surface area contributed by atoms with Crippen molar-refractivity contribution in [3.63, 3.8) is 0 Å². The molecule has 4 nitrogen and oxygen atoms in total. The van der Waals surface area contributed by atoms with E-state index in [0.29, 0.717) is 16.9 Å². The summed E-state index contributed by atoms with van der Waals surface area (Å²) in [6, 6.07) is 25.4. The Balaban J connectivity index is 1.63. The van der Waals surface area contributed by atoms with Crippen molar-refractivity contribution in [2.24, 2.45) is 0 Å². The van der Waals surface area contributed by atoms with Gasteiger partial charge in [0, 0.05) is 16.7 Å². The van der Waals surface area contributed by atoms with E-state index in [9.17, 15) is 9.59 Å². The number of carbonyl (C=O) groups excluding carboxylic acids is 2. The SMILES string of the molecule is O=C(C(=O)c1ccccc1)C1=C(c2ccccc2)ON2c3ccccc3C=CC12. The van der Waals surface area contributed by atoms with Crippen LogP contribution in [0.2, 0.25) is 0 Å². The lowest BCUT2D eigenvalue weighted by Crippen LogP contribution is -2.34. The van der Waals surface area contributed by atoms with Crippen LogP contribution in [0.15, 0.2) is 96.6 Å². The van der Waals surface area contributed by atoms with Gasteiger partial charge in [0.05, 0.1) is 11.3 Å². The van der Waals surface area contributed by atoms with Crippen molar-refractivity contribution >= 4 is 29.1 Å². The largest absolute Gasteiger partial charge is 0.377 e. The molecule has 140 valence electrons. The quantitative estimate of drug-likeness (QED) is 0.487. The van der Waals surface area contributed by atoms with E-state index in [4.69, 9.17) is 4.84 Å². The highest BCUT2D eigenvalue weighted by Crippen LogP contribution is 2.42. The van der Waals surface area contributed by atoms with Crippen molar-refractivity contribution in [3.05, 3.63) is 113 Å². The first kappa shape index (κ1) is 17.2. The highest BCUT2D eigenvalue weighted by Gasteiger charge is 2.42. The van der Waals surface area contributed by atoms with Gasteiger partial charge in [-0.05, 0) is 6.07 Å². The van der Waals surface area contributed by atoms with Crippen LogP contribution in [-0.2, 0) is 9.63 Å². The first-order valence-corrected chi connectivity index (χ1v) is 9.42.